The molecule has 2 saturated carbocycles. The number of rotatable bonds is 4. The molecule has 1 aromatic rings. The molecule has 2 nitrogen and oxygen atoms in total. The topological polar surface area (TPSA) is 29.5 Å². The number of aliphatic hydroxyl groups is 1. The number of ether oxygens (including phenoxy) is 1. The van der Waals surface area contributed by atoms with E-state index in [9.17, 15) is 5.11 Å². The molecule has 1 aromatic carbocycles. The van der Waals surface area contributed by atoms with Gasteiger partial charge >= 0.3 is 0 Å². The molecule has 2 fully saturated rings. The van der Waals surface area contributed by atoms with Gasteiger partial charge in [0.25, 0.3) is 0 Å². The van der Waals surface area contributed by atoms with Crippen molar-refractivity contribution in [3.05, 3.63) is 29.8 Å². The predicted octanol–water partition coefficient (Wildman–Crippen LogP) is 3.49. The van der Waals surface area contributed by atoms with Gasteiger partial charge in [0.1, 0.15) is 5.75 Å². The Morgan fingerprint density at radius 1 is 1.00 bits per heavy atom. The summed E-state index contributed by atoms with van der Waals surface area (Å²) in [6.45, 7) is 0.866. The average Bonchev–Trinajstić information content (AvgIpc) is 3.22. The number of hydrogen-bond acceptors (Lipinski definition) is 2. The van der Waals surface area contributed by atoms with Gasteiger partial charge in [0.2, 0.25) is 0 Å². The van der Waals surface area contributed by atoms with Gasteiger partial charge in [-0.25, -0.2) is 0 Å². The molecule has 2 aliphatic carbocycles. The SMILES string of the molecule is OC1CCCCC1c1ccc(OCC2CC2)cc1. The van der Waals surface area contributed by atoms with Crippen molar-refractivity contribution in [1.29, 1.82) is 0 Å². The van der Waals surface area contributed by atoms with E-state index in [1.165, 1.54) is 31.2 Å². The Morgan fingerprint density at radius 3 is 2.39 bits per heavy atom. The fourth-order valence-electron chi connectivity index (χ4n) is 2.81. The largest absolute Gasteiger partial charge is 0.493 e. The minimum atomic E-state index is -0.156. The summed E-state index contributed by atoms with van der Waals surface area (Å²) in [5, 5.41) is 10.0. The molecule has 18 heavy (non-hydrogen) atoms. The van der Waals surface area contributed by atoms with Crippen molar-refractivity contribution in [2.75, 3.05) is 6.61 Å². The van der Waals surface area contributed by atoms with Crippen LogP contribution in [0.3, 0.4) is 0 Å². The second-order valence-corrected chi connectivity index (χ2v) is 5.78. The van der Waals surface area contributed by atoms with Gasteiger partial charge in [0.05, 0.1) is 12.7 Å². The first-order valence-electron chi connectivity index (χ1n) is 7.24. The minimum Gasteiger partial charge on any atom is -0.493 e. The lowest BCUT2D eigenvalue weighted by Gasteiger charge is -2.28. The van der Waals surface area contributed by atoms with E-state index < -0.39 is 0 Å². The van der Waals surface area contributed by atoms with Gasteiger partial charge < -0.3 is 9.84 Å². The molecule has 2 atom stereocenters. The summed E-state index contributed by atoms with van der Waals surface area (Å²) in [5.74, 6) is 2.09. The number of hydrogen-bond donors (Lipinski definition) is 1. The molecule has 0 bridgehead atoms. The van der Waals surface area contributed by atoms with E-state index in [2.05, 4.69) is 24.3 Å². The summed E-state index contributed by atoms with van der Waals surface area (Å²) in [6, 6.07) is 8.36. The van der Waals surface area contributed by atoms with Crippen LogP contribution in [0.2, 0.25) is 0 Å². The zero-order valence-corrected chi connectivity index (χ0v) is 10.8. The van der Waals surface area contributed by atoms with Crippen molar-refractivity contribution in [1.82, 2.24) is 0 Å². The van der Waals surface area contributed by atoms with Crippen molar-refractivity contribution >= 4 is 0 Å². The van der Waals surface area contributed by atoms with Crippen molar-refractivity contribution in [3.8, 4) is 5.75 Å². The fraction of sp³-hybridized carbons (Fsp3) is 0.625. The first-order valence-corrected chi connectivity index (χ1v) is 7.24. The van der Waals surface area contributed by atoms with Crippen molar-refractivity contribution in [2.24, 2.45) is 5.92 Å². The van der Waals surface area contributed by atoms with E-state index in [0.29, 0.717) is 5.92 Å². The first-order chi connectivity index (χ1) is 8.83. The van der Waals surface area contributed by atoms with Crippen LogP contribution in [0.5, 0.6) is 5.75 Å². The monoisotopic (exact) mass is 246 g/mol. The Morgan fingerprint density at radius 2 is 1.72 bits per heavy atom. The van der Waals surface area contributed by atoms with Crippen LogP contribution < -0.4 is 4.74 Å². The molecule has 0 heterocycles. The van der Waals surface area contributed by atoms with E-state index >= 15 is 0 Å². The molecule has 0 amide bonds. The highest BCUT2D eigenvalue weighted by atomic mass is 16.5. The molecule has 2 unspecified atom stereocenters. The van der Waals surface area contributed by atoms with E-state index in [-0.39, 0.29) is 6.10 Å². The Hall–Kier alpha value is -1.02. The maximum absolute atomic E-state index is 10.0. The van der Waals surface area contributed by atoms with Crippen LogP contribution in [0, 0.1) is 5.92 Å². The third-order valence-corrected chi connectivity index (χ3v) is 4.22. The van der Waals surface area contributed by atoms with Crippen LogP contribution in [0.15, 0.2) is 24.3 Å². The molecular formula is C16H22O2. The lowest BCUT2D eigenvalue weighted by Crippen LogP contribution is -2.22. The van der Waals surface area contributed by atoms with Crippen molar-refractivity contribution in [3.63, 3.8) is 0 Å². The molecule has 0 aliphatic heterocycles. The maximum atomic E-state index is 10.0. The Balaban J connectivity index is 1.61. The normalized spacial score (nSPS) is 28.1. The van der Waals surface area contributed by atoms with Crippen molar-refractivity contribution in [2.45, 2.75) is 50.5 Å². The molecule has 1 N–H and O–H groups in total. The third kappa shape index (κ3) is 2.86. The average molecular weight is 246 g/mol. The molecule has 3 rings (SSSR count). The predicted molar refractivity (Wildman–Crippen MR) is 71.9 cm³/mol. The van der Waals surface area contributed by atoms with E-state index in [0.717, 1.165) is 31.1 Å². The zero-order valence-electron chi connectivity index (χ0n) is 10.8. The Kier molecular flexibility index (Phi) is 3.55. The summed E-state index contributed by atoms with van der Waals surface area (Å²) >= 11 is 0. The summed E-state index contributed by atoms with van der Waals surface area (Å²) in [7, 11) is 0. The maximum Gasteiger partial charge on any atom is 0.119 e. The highest BCUT2D eigenvalue weighted by molar-refractivity contribution is 5.30. The molecule has 0 aromatic heterocycles. The van der Waals surface area contributed by atoms with Crippen LogP contribution >= 0.6 is 0 Å². The molecule has 2 aliphatic rings. The smallest absolute Gasteiger partial charge is 0.119 e. The van der Waals surface area contributed by atoms with E-state index in [4.69, 9.17) is 4.74 Å². The summed E-state index contributed by atoms with van der Waals surface area (Å²) in [6.07, 6.45) is 6.96. The number of benzene rings is 1. The highest BCUT2D eigenvalue weighted by Gasteiger charge is 2.24. The lowest BCUT2D eigenvalue weighted by atomic mass is 9.82. The number of aliphatic hydroxyl groups excluding tert-OH is 1. The summed E-state index contributed by atoms with van der Waals surface area (Å²) < 4.78 is 5.74. The van der Waals surface area contributed by atoms with Crippen LogP contribution in [-0.4, -0.2) is 17.8 Å². The summed E-state index contributed by atoms with van der Waals surface area (Å²) in [4.78, 5) is 0. The van der Waals surface area contributed by atoms with Crippen LogP contribution in [-0.2, 0) is 0 Å². The van der Waals surface area contributed by atoms with Crippen LogP contribution in [0.4, 0.5) is 0 Å². The second-order valence-electron chi connectivity index (χ2n) is 5.78. The van der Waals surface area contributed by atoms with E-state index in [1.54, 1.807) is 0 Å². The third-order valence-electron chi connectivity index (χ3n) is 4.22. The Labute approximate surface area is 109 Å². The minimum absolute atomic E-state index is 0.156. The van der Waals surface area contributed by atoms with Gasteiger partial charge in [-0.2, -0.15) is 0 Å². The quantitative estimate of drug-likeness (QED) is 0.881. The first kappa shape index (κ1) is 12.0. The van der Waals surface area contributed by atoms with Gasteiger partial charge in [0, 0.05) is 5.92 Å². The Bertz CT molecular complexity index is 381. The van der Waals surface area contributed by atoms with Crippen LogP contribution in [0.25, 0.3) is 0 Å². The van der Waals surface area contributed by atoms with Gasteiger partial charge in [0.15, 0.2) is 0 Å². The zero-order chi connectivity index (χ0) is 12.4. The van der Waals surface area contributed by atoms with Gasteiger partial charge in [-0.05, 0) is 49.3 Å². The van der Waals surface area contributed by atoms with Crippen molar-refractivity contribution < 1.29 is 9.84 Å². The molecular weight excluding hydrogens is 224 g/mol. The van der Waals surface area contributed by atoms with Gasteiger partial charge in [-0.1, -0.05) is 25.0 Å². The standard InChI is InChI=1S/C16H22O2/c17-16-4-2-1-3-15(16)13-7-9-14(10-8-13)18-11-12-5-6-12/h7-10,12,15-17H,1-6,11H2. The fourth-order valence-corrected chi connectivity index (χ4v) is 2.81. The molecule has 98 valence electrons. The van der Waals surface area contributed by atoms with Crippen LogP contribution in [0.1, 0.15) is 50.0 Å². The summed E-state index contributed by atoms with van der Waals surface area (Å²) in [5.41, 5.74) is 1.26. The molecule has 0 saturated heterocycles. The second kappa shape index (κ2) is 5.31. The van der Waals surface area contributed by atoms with E-state index in [1.807, 2.05) is 0 Å². The lowest BCUT2D eigenvalue weighted by molar-refractivity contribution is 0.106. The van der Waals surface area contributed by atoms with Gasteiger partial charge in [-0.15, -0.1) is 0 Å². The van der Waals surface area contributed by atoms with Gasteiger partial charge in [-0.3, -0.25) is 0 Å². The molecule has 2 heteroatoms. The highest BCUT2D eigenvalue weighted by Crippen LogP contribution is 2.34. The molecule has 0 spiro atoms. The molecule has 0 radical (unpaired) electrons.